The van der Waals surface area contributed by atoms with Crippen molar-refractivity contribution in [3.05, 3.63) is 29.3 Å². The number of fused-ring (bicyclic) bond motifs is 1. The van der Waals surface area contributed by atoms with Gasteiger partial charge in [-0.3, -0.25) is 9.69 Å². The van der Waals surface area contributed by atoms with Crippen molar-refractivity contribution >= 4 is 23.7 Å². The molecule has 0 aromatic heterocycles. The van der Waals surface area contributed by atoms with Gasteiger partial charge in [-0.15, -0.1) is 0 Å². The number of rotatable bonds is 3. The number of carboxylic acids is 1. The molecule has 1 aromatic rings. The van der Waals surface area contributed by atoms with Gasteiger partial charge in [-0.25, -0.2) is 9.59 Å². The fourth-order valence-corrected chi connectivity index (χ4v) is 3.82. The summed E-state index contributed by atoms with van der Waals surface area (Å²) in [7, 11) is 0. The second-order valence-corrected chi connectivity index (χ2v) is 8.70. The summed E-state index contributed by atoms with van der Waals surface area (Å²) in [5.41, 5.74) is 1.33. The molecule has 2 heterocycles. The number of piperazine rings is 1. The van der Waals surface area contributed by atoms with Crippen LogP contribution >= 0.6 is 0 Å². The maximum atomic E-state index is 12.9. The van der Waals surface area contributed by atoms with Crippen LogP contribution in [0, 0.1) is 0 Å². The number of benzene rings is 1. The molecule has 3 rings (SSSR count). The van der Waals surface area contributed by atoms with Crippen molar-refractivity contribution in [1.29, 1.82) is 0 Å². The molecule has 0 saturated carbocycles. The van der Waals surface area contributed by atoms with E-state index in [-0.39, 0.29) is 30.2 Å². The van der Waals surface area contributed by atoms with Gasteiger partial charge in [-0.2, -0.15) is 0 Å². The van der Waals surface area contributed by atoms with E-state index in [1.807, 2.05) is 32.6 Å². The molecule has 8 nitrogen and oxygen atoms in total. The fourth-order valence-electron chi connectivity index (χ4n) is 3.82. The number of carbonyl (C=O) groups excluding carboxylic acids is 2. The predicted molar refractivity (Wildman–Crippen MR) is 108 cm³/mol. The molecule has 29 heavy (non-hydrogen) atoms. The number of hydrogen-bond acceptors (Lipinski definition) is 5. The van der Waals surface area contributed by atoms with Gasteiger partial charge < -0.3 is 19.6 Å². The minimum absolute atomic E-state index is 0.0517. The zero-order valence-electron chi connectivity index (χ0n) is 17.5. The minimum Gasteiger partial charge on any atom is -0.478 e. The molecule has 2 aliphatic heterocycles. The fraction of sp³-hybridized carbons (Fsp3) is 0.571. The number of aromatic carboxylic acids is 1. The van der Waals surface area contributed by atoms with Gasteiger partial charge in [-0.1, -0.05) is 6.07 Å². The van der Waals surface area contributed by atoms with E-state index >= 15 is 0 Å². The van der Waals surface area contributed by atoms with E-state index in [0.717, 1.165) is 12.0 Å². The number of ether oxygens (including phenoxy) is 1. The SMILES string of the molecule is C[C@@H]1CN(CC(=O)N2CCc3ccc(C(=O)O)cc32)CCN1C(=O)OC(C)(C)C. The van der Waals surface area contributed by atoms with Crippen molar-refractivity contribution < 1.29 is 24.2 Å². The summed E-state index contributed by atoms with van der Waals surface area (Å²) in [6, 6.07) is 4.88. The summed E-state index contributed by atoms with van der Waals surface area (Å²) in [4.78, 5) is 41.9. The van der Waals surface area contributed by atoms with Gasteiger partial charge in [-0.05, 0) is 51.8 Å². The molecule has 1 saturated heterocycles. The number of amides is 2. The molecule has 158 valence electrons. The Bertz CT molecular complexity index is 817. The first kappa shape index (κ1) is 21.1. The average molecular weight is 403 g/mol. The minimum atomic E-state index is -1.00. The lowest BCUT2D eigenvalue weighted by Gasteiger charge is -2.40. The lowest BCUT2D eigenvalue weighted by atomic mass is 10.1. The molecule has 1 N–H and O–H groups in total. The Hall–Kier alpha value is -2.61. The van der Waals surface area contributed by atoms with Crippen LogP contribution in [0.15, 0.2) is 18.2 Å². The summed E-state index contributed by atoms with van der Waals surface area (Å²) in [6.07, 6.45) is 0.398. The second-order valence-electron chi connectivity index (χ2n) is 8.70. The lowest BCUT2D eigenvalue weighted by molar-refractivity contribution is -0.120. The molecule has 2 amide bonds. The summed E-state index contributed by atoms with van der Waals surface area (Å²) < 4.78 is 5.46. The number of carboxylic acid groups (broad SMARTS) is 1. The quantitative estimate of drug-likeness (QED) is 0.832. The summed E-state index contributed by atoms with van der Waals surface area (Å²) in [5.74, 6) is -1.05. The van der Waals surface area contributed by atoms with Crippen LogP contribution in [0.4, 0.5) is 10.5 Å². The molecule has 0 unspecified atom stereocenters. The third kappa shape index (κ3) is 4.87. The molecule has 0 spiro atoms. The summed E-state index contributed by atoms with van der Waals surface area (Å²) in [6.45, 7) is 9.95. The van der Waals surface area contributed by atoms with Crippen LogP contribution in [-0.2, 0) is 16.0 Å². The second kappa shape index (κ2) is 8.02. The van der Waals surface area contributed by atoms with Crippen molar-refractivity contribution in [3.63, 3.8) is 0 Å². The molecule has 1 aromatic carbocycles. The zero-order chi connectivity index (χ0) is 21.3. The Morgan fingerprint density at radius 2 is 1.90 bits per heavy atom. The highest BCUT2D eigenvalue weighted by atomic mass is 16.6. The predicted octanol–water partition coefficient (Wildman–Crippen LogP) is 2.22. The topological polar surface area (TPSA) is 90.4 Å². The van der Waals surface area contributed by atoms with E-state index in [4.69, 9.17) is 4.74 Å². The molecule has 2 aliphatic rings. The largest absolute Gasteiger partial charge is 0.478 e. The van der Waals surface area contributed by atoms with Crippen molar-refractivity contribution in [1.82, 2.24) is 9.80 Å². The van der Waals surface area contributed by atoms with Gasteiger partial charge in [0, 0.05) is 37.9 Å². The van der Waals surface area contributed by atoms with Crippen LogP contribution in [0.1, 0.15) is 43.6 Å². The molecular formula is C21H29N3O5. The number of nitrogens with zero attached hydrogens (tertiary/aromatic N) is 3. The van der Waals surface area contributed by atoms with Crippen molar-refractivity contribution in [2.45, 2.75) is 45.8 Å². The molecule has 0 radical (unpaired) electrons. The maximum absolute atomic E-state index is 12.9. The Balaban J connectivity index is 1.60. The molecule has 1 atom stereocenters. The van der Waals surface area contributed by atoms with E-state index in [9.17, 15) is 19.5 Å². The highest BCUT2D eigenvalue weighted by molar-refractivity contribution is 5.98. The normalized spacial score (nSPS) is 19.8. The Labute approximate surface area is 171 Å². The van der Waals surface area contributed by atoms with Gasteiger partial charge in [0.25, 0.3) is 0 Å². The molecule has 0 bridgehead atoms. The Morgan fingerprint density at radius 3 is 2.52 bits per heavy atom. The highest BCUT2D eigenvalue weighted by Gasteiger charge is 2.33. The van der Waals surface area contributed by atoms with Crippen LogP contribution in [0.5, 0.6) is 0 Å². The lowest BCUT2D eigenvalue weighted by Crippen LogP contribution is -2.56. The van der Waals surface area contributed by atoms with Crippen molar-refractivity contribution in [2.75, 3.05) is 37.6 Å². The third-order valence-corrected chi connectivity index (χ3v) is 5.23. The summed E-state index contributed by atoms with van der Waals surface area (Å²) in [5, 5.41) is 9.22. The monoisotopic (exact) mass is 403 g/mol. The highest BCUT2D eigenvalue weighted by Crippen LogP contribution is 2.29. The van der Waals surface area contributed by atoms with Crippen LogP contribution in [-0.4, -0.2) is 77.2 Å². The molecular weight excluding hydrogens is 374 g/mol. The maximum Gasteiger partial charge on any atom is 0.410 e. The van der Waals surface area contributed by atoms with Crippen LogP contribution in [0.3, 0.4) is 0 Å². The molecule has 1 fully saturated rings. The van der Waals surface area contributed by atoms with Gasteiger partial charge in [0.1, 0.15) is 5.60 Å². The van der Waals surface area contributed by atoms with Gasteiger partial charge >= 0.3 is 12.1 Å². The van der Waals surface area contributed by atoms with Crippen LogP contribution in [0.25, 0.3) is 0 Å². The summed E-state index contributed by atoms with van der Waals surface area (Å²) >= 11 is 0. The van der Waals surface area contributed by atoms with E-state index in [0.29, 0.717) is 31.9 Å². The first-order chi connectivity index (χ1) is 13.5. The first-order valence-corrected chi connectivity index (χ1v) is 9.94. The first-order valence-electron chi connectivity index (χ1n) is 9.94. The van der Waals surface area contributed by atoms with Crippen LogP contribution in [0.2, 0.25) is 0 Å². The zero-order valence-corrected chi connectivity index (χ0v) is 17.5. The van der Waals surface area contributed by atoms with Gasteiger partial charge in [0.2, 0.25) is 5.91 Å². The molecule has 0 aliphatic carbocycles. The van der Waals surface area contributed by atoms with Crippen molar-refractivity contribution in [3.8, 4) is 0 Å². The van der Waals surface area contributed by atoms with E-state index < -0.39 is 11.6 Å². The molecule has 8 heteroatoms. The van der Waals surface area contributed by atoms with Gasteiger partial charge in [0.05, 0.1) is 12.1 Å². The number of hydrogen-bond donors (Lipinski definition) is 1. The number of carbonyl (C=O) groups is 3. The van der Waals surface area contributed by atoms with Crippen molar-refractivity contribution in [2.24, 2.45) is 0 Å². The third-order valence-electron chi connectivity index (χ3n) is 5.23. The van der Waals surface area contributed by atoms with Gasteiger partial charge in [0.15, 0.2) is 0 Å². The smallest absolute Gasteiger partial charge is 0.410 e. The van der Waals surface area contributed by atoms with Crippen LogP contribution < -0.4 is 4.90 Å². The number of anilines is 1. The Kier molecular flexibility index (Phi) is 5.84. The van der Waals surface area contributed by atoms with E-state index in [2.05, 4.69) is 0 Å². The Morgan fingerprint density at radius 1 is 1.17 bits per heavy atom. The standard InChI is InChI=1S/C21H29N3O5/c1-14-12-22(9-10-23(14)20(28)29-21(2,3)4)13-18(25)24-8-7-15-5-6-16(19(26)27)11-17(15)24/h5-6,11,14H,7-10,12-13H2,1-4H3,(H,26,27)/t14-/m1/s1. The van der Waals surface area contributed by atoms with E-state index in [1.54, 1.807) is 28.0 Å². The van der Waals surface area contributed by atoms with E-state index in [1.165, 1.54) is 0 Å². The average Bonchev–Trinajstić information content (AvgIpc) is 3.03.